The summed E-state index contributed by atoms with van der Waals surface area (Å²) in [4.78, 5) is 2.15. The monoisotopic (exact) mass is 1120 g/mol. The van der Waals surface area contributed by atoms with Crippen LogP contribution in [0.4, 0.5) is 17.1 Å². The molecule has 3 heterocycles. The third kappa shape index (κ3) is 7.77. The number of anilines is 3. The molecule has 1 aliphatic carbocycles. The number of benzene rings is 13. The Hall–Kier alpha value is -10.7. The van der Waals surface area contributed by atoms with E-state index in [-0.39, 0.29) is 32.9 Å². The average molecular weight is 1120 g/mol. The van der Waals surface area contributed by atoms with Gasteiger partial charge < -0.3 is 14.2 Å². The second-order valence-corrected chi connectivity index (χ2v) is 23.7. The van der Waals surface area contributed by atoms with Crippen molar-refractivity contribution < 1.29 is 22.6 Å². The Labute approximate surface area is 527 Å². The van der Waals surface area contributed by atoms with Gasteiger partial charge in [0, 0.05) is 39.0 Å². The third-order valence-corrected chi connectivity index (χ3v) is 18.0. The van der Waals surface area contributed by atoms with E-state index in [4.69, 9.17) is 14.3 Å². The number of hydrogen-bond donors (Lipinski definition) is 0. The highest BCUT2D eigenvalue weighted by Gasteiger charge is 2.49. The number of ether oxygens (including phenoxy) is 1. The predicted molar refractivity (Wildman–Crippen MR) is 364 cm³/mol. The molecule has 0 saturated heterocycles. The van der Waals surface area contributed by atoms with Crippen molar-refractivity contribution in [3.05, 3.63) is 331 Å². The van der Waals surface area contributed by atoms with Crippen LogP contribution in [0.2, 0.25) is 0 Å². The Kier molecular flexibility index (Phi) is 8.84. The maximum atomic E-state index is 9.71. The predicted octanol–water partition coefficient (Wildman–Crippen LogP) is 19.5. The number of fused-ring (bicyclic) bond motifs is 10. The molecule has 4 heteroatoms. The van der Waals surface area contributed by atoms with Crippen LogP contribution < -0.4 is 26.0 Å². The van der Waals surface area contributed by atoms with Gasteiger partial charge in [0.25, 0.3) is 6.71 Å². The van der Waals surface area contributed by atoms with Crippen molar-refractivity contribution in [1.82, 2.24) is 4.57 Å². The minimum atomic E-state index is -0.779. The van der Waals surface area contributed by atoms with Crippen LogP contribution in [0, 0.1) is 0 Å². The van der Waals surface area contributed by atoms with Crippen molar-refractivity contribution in [2.24, 2.45) is 0 Å². The highest BCUT2D eigenvalue weighted by atomic mass is 16.5. The van der Waals surface area contributed by atoms with Gasteiger partial charge in [-0.2, -0.15) is 0 Å². The maximum absolute atomic E-state index is 9.71. The summed E-state index contributed by atoms with van der Waals surface area (Å²) >= 11 is 0. The molecule has 410 valence electrons. The fraction of sp³-hybridized carbons (Fsp3) is 0.0602. The van der Waals surface area contributed by atoms with Crippen LogP contribution >= 0.6 is 0 Å². The van der Waals surface area contributed by atoms with Crippen LogP contribution in [0.25, 0.3) is 83.1 Å². The lowest BCUT2D eigenvalue weighted by atomic mass is 9.34. The second-order valence-electron chi connectivity index (χ2n) is 23.7. The Morgan fingerprint density at radius 3 is 1.63 bits per heavy atom. The Morgan fingerprint density at radius 1 is 0.414 bits per heavy atom. The highest BCUT2D eigenvalue weighted by Crippen LogP contribution is 2.59. The van der Waals surface area contributed by atoms with E-state index in [9.17, 15) is 8.22 Å². The van der Waals surface area contributed by atoms with Gasteiger partial charge >= 0.3 is 0 Å². The first-order valence-corrected chi connectivity index (χ1v) is 29.4. The molecule has 0 radical (unpaired) electrons. The Bertz CT molecular complexity index is 5650. The van der Waals surface area contributed by atoms with Crippen molar-refractivity contribution >= 4 is 62.0 Å². The Balaban J connectivity index is 1.03. The summed E-state index contributed by atoms with van der Waals surface area (Å²) < 4.78 is 130. The summed E-state index contributed by atoms with van der Waals surface area (Å²) in [6, 6.07) is 70.3. The molecule has 0 bridgehead atoms. The smallest absolute Gasteiger partial charge is 0.256 e. The molecule has 13 aromatic carbocycles. The minimum Gasteiger partial charge on any atom is -0.458 e. The zero-order valence-corrected chi connectivity index (χ0v) is 47.7. The van der Waals surface area contributed by atoms with Gasteiger partial charge in [-0.05, 0) is 149 Å². The van der Waals surface area contributed by atoms with Crippen LogP contribution in [0.15, 0.2) is 303 Å². The summed E-state index contributed by atoms with van der Waals surface area (Å²) in [5, 5.41) is -0.137. The van der Waals surface area contributed by atoms with E-state index in [1.165, 1.54) is 4.57 Å². The first-order chi connectivity index (χ1) is 48.2. The van der Waals surface area contributed by atoms with E-state index in [0.717, 1.165) is 83.3 Å². The maximum Gasteiger partial charge on any atom is 0.256 e. The lowest BCUT2D eigenvalue weighted by molar-refractivity contribution is 0.488. The molecule has 17 rings (SSSR count). The van der Waals surface area contributed by atoms with Crippen molar-refractivity contribution in [2.75, 3.05) is 4.90 Å². The fourth-order valence-corrected chi connectivity index (χ4v) is 14.2. The van der Waals surface area contributed by atoms with E-state index >= 15 is 0 Å². The quantitative estimate of drug-likeness (QED) is 0.141. The number of rotatable bonds is 8. The molecular formula is C83H59BN2O. The lowest BCUT2D eigenvalue weighted by Gasteiger charge is -2.42. The number of nitrogens with zero attached hydrogens (tertiary/aromatic N) is 2. The largest absolute Gasteiger partial charge is 0.458 e. The summed E-state index contributed by atoms with van der Waals surface area (Å²) in [5.74, 6) is 0.872. The molecule has 87 heavy (non-hydrogen) atoms. The van der Waals surface area contributed by atoms with Crippen LogP contribution in [0.3, 0.4) is 0 Å². The second kappa shape index (κ2) is 19.7. The molecule has 0 N–H and O–H groups in total. The van der Waals surface area contributed by atoms with Crippen LogP contribution in [-0.2, 0) is 10.8 Å². The standard InChI is InChI=1S/C83H59BN2O/c1-82(2,3)61-51-68(55-28-11-5-12-29-55)81(69(52-61)56-30-13-6-14-31-56)86-75-53-62(85-73-42-23-20-37-65(73)66-38-21-24-43-74(66)85)45-46-71(75)84-72-48-57(44-47-77(72)87-78-50-58(49-76(86)80(78)84)54-26-9-4-10-27-54)63-39-25-40-67-64-36-19-22-41-70(64)83(79(63)67,59-32-15-7-16-33-59)60-34-17-8-18-35-60/h4-53H,1-3H3/i4D,9D,10D,20D,21D,23D,24D,26D,27D,37D,38D,42D,43D. The molecule has 3 aliphatic rings. The molecule has 0 fully saturated rings. The van der Waals surface area contributed by atoms with E-state index in [1.54, 1.807) is 6.07 Å². The molecule has 1 aromatic heterocycles. The number of para-hydroxylation sites is 2. The van der Waals surface area contributed by atoms with Crippen molar-refractivity contribution in [3.8, 4) is 72.8 Å². The molecule has 2 aliphatic heterocycles. The number of hydrogen-bond acceptors (Lipinski definition) is 2. The normalized spacial score (nSPS) is 15.5. The first kappa shape index (κ1) is 39.0. The SMILES string of the molecule is [2H]c1c([2H])c([2H])c(-c2cc3c4c(c2)N(c2c(-c5ccccc5)cc(C(C)(C)C)cc2-c2ccccc2)c2cc(-n5c6c([2H])c([2H])c([2H])c([2H])c6c6c([2H])c([2H])c([2H])c([2H])c65)ccc2B4c2cc(-c4cccc5c4C(c4ccccc4)(c4ccccc4)c4ccccc4-5)ccc2O3)c([2H])c1[2H]. The third-order valence-electron chi connectivity index (χ3n) is 18.0. The van der Waals surface area contributed by atoms with Crippen molar-refractivity contribution in [2.45, 2.75) is 31.6 Å². The van der Waals surface area contributed by atoms with Gasteiger partial charge in [0.1, 0.15) is 11.5 Å². The molecule has 0 atom stereocenters. The van der Waals surface area contributed by atoms with E-state index in [1.807, 2.05) is 78.9 Å². The van der Waals surface area contributed by atoms with Gasteiger partial charge in [0.05, 0.1) is 40.0 Å². The van der Waals surface area contributed by atoms with Gasteiger partial charge in [-0.3, -0.25) is 0 Å². The van der Waals surface area contributed by atoms with Gasteiger partial charge in [-0.25, -0.2) is 0 Å². The van der Waals surface area contributed by atoms with E-state index < -0.39 is 96.1 Å². The molecule has 0 saturated carbocycles. The molecule has 14 aromatic rings. The minimum absolute atomic E-state index is 0.0479. The summed E-state index contributed by atoms with van der Waals surface area (Å²) in [6.07, 6.45) is 0. The topological polar surface area (TPSA) is 17.4 Å². The van der Waals surface area contributed by atoms with Crippen molar-refractivity contribution in [3.63, 3.8) is 0 Å². The lowest BCUT2D eigenvalue weighted by Crippen LogP contribution is -2.59. The van der Waals surface area contributed by atoms with Gasteiger partial charge in [-0.1, -0.05) is 269 Å². The van der Waals surface area contributed by atoms with E-state index in [2.05, 4.69) is 165 Å². The fourth-order valence-electron chi connectivity index (χ4n) is 14.2. The molecule has 0 spiro atoms. The average Bonchev–Trinajstić information content (AvgIpc) is 0.799. The molecule has 3 nitrogen and oxygen atoms in total. The van der Waals surface area contributed by atoms with Crippen LogP contribution in [-0.4, -0.2) is 11.3 Å². The van der Waals surface area contributed by atoms with Gasteiger partial charge in [0.15, 0.2) is 0 Å². The summed E-state index contributed by atoms with van der Waals surface area (Å²) in [5.41, 5.74) is 16.1. The highest BCUT2D eigenvalue weighted by molar-refractivity contribution is 6.99. The number of aromatic nitrogens is 1. The summed E-state index contributed by atoms with van der Waals surface area (Å²) in [6.45, 7) is 5.81. The Morgan fingerprint density at radius 2 is 0.989 bits per heavy atom. The molecular weight excluding hydrogens is 1050 g/mol. The van der Waals surface area contributed by atoms with Crippen LogP contribution in [0.5, 0.6) is 11.5 Å². The molecule has 0 unspecified atom stereocenters. The van der Waals surface area contributed by atoms with Crippen LogP contribution in [0.1, 0.15) is 66.4 Å². The first-order valence-electron chi connectivity index (χ1n) is 35.9. The zero-order chi connectivity index (χ0) is 69.3. The van der Waals surface area contributed by atoms with Gasteiger partial charge in [0.2, 0.25) is 0 Å². The summed E-state index contributed by atoms with van der Waals surface area (Å²) in [7, 11) is 0. The van der Waals surface area contributed by atoms with Gasteiger partial charge in [-0.15, -0.1) is 0 Å². The molecule has 0 amide bonds. The van der Waals surface area contributed by atoms with E-state index in [0.29, 0.717) is 39.7 Å². The van der Waals surface area contributed by atoms with Crippen molar-refractivity contribution in [1.29, 1.82) is 0 Å². The zero-order valence-electron chi connectivity index (χ0n) is 60.7.